The van der Waals surface area contributed by atoms with Crippen LogP contribution in [0.4, 0.5) is 0 Å². The summed E-state index contributed by atoms with van der Waals surface area (Å²) in [6, 6.07) is 1.98. The van der Waals surface area contributed by atoms with Crippen molar-refractivity contribution >= 4 is 0 Å². The minimum Gasteiger partial charge on any atom is -0.466 e. The van der Waals surface area contributed by atoms with E-state index in [2.05, 4.69) is 5.32 Å². The van der Waals surface area contributed by atoms with Gasteiger partial charge in [0.2, 0.25) is 0 Å². The Bertz CT molecular complexity index is 309. The number of nitriles is 1. The molecule has 3 heteroatoms. The molecule has 0 amide bonds. The van der Waals surface area contributed by atoms with Crippen LogP contribution in [0.5, 0.6) is 0 Å². The Morgan fingerprint density at radius 2 is 2.25 bits per heavy atom. The molecule has 3 nitrogen and oxygen atoms in total. The molecular weight excluding hydrogens is 152 g/mol. The fraction of sp³-hybridized carbons (Fsp3) is 0.444. The highest BCUT2D eigenvalue weighted by Crippen LogP contribution is 2.20. The average molecular weight is 164 g/mol. The Kier molecular flexibility index (Phi) is 2.39. The van der Waals surface area contributed by atoms with Gasteiger partial charge in [0.25, 0.3) is 0 Å². The van der Waals surface area contributed by atoms with Gasteiger partial charge in [-0.1, -0.05) is 0 Å². The molecule has 1 aromatic rings. The van der Waals surface area contributed by atoms with Crippen LogP contribution in [0.25, 0.3) is 0 Å². The second kappa shape index (κ2) is 3.31. The van der Waals surface area contributed by atoms with Gasteiger partial charge in [0.05, 0.1) is 6.04 Å². The summed E-state index contributed by atoms with van der Waals surface area (Å²) in [6.07, 6.45) is 1.91. The lowest BCUT2D eigenvalue weighted by molar-refractivity contribution is 0.496. The zero-order chi connectivity index (χ0) is 9.14. The largest absolute Gasteiger partial charge is 0.466 e. The second-order valence-corrected chi connectivity index (χ2v) is 2.85. The summed E-state index contributed by atoms with van der Waals surface area (Å²) >= 11 is 0. The highest BCUT2D eigenvalue weighted by atomic mass is 16.3. The predicted octanol–water partition coefficient (Wildman–Crippen LogP) is 2.03. The highest BCUT2D eigenvalue weighted by molar-refractivity contribution is 5.23. The average Bonchev–Trinajstić information content (AvgIpc) is 2.30. The highest BCUT2D eigenvalue weighted by Gasteiger charge is 2.10. The van der Waals surface area contributed by atoms with Gasteiger partial charge in [-0.05, 0) is 26.8 Å². The van der Waals surface area contributed by atoms with E-state index < -0.39 is 0 Å². The molecule has 0 aliphatic carbocycles. The van der Waals surface area contributed by atoms with Gasteiger partial charge in [-0.25, -0.2) is 0 Å². The molecule has 12 heavy (non-hydrogen) atoms. The Balaban J connectivity index is 2.88. The minimum absolute atomic E-state index is 0.0347. The van der Waals surface area contributed by atoms with Gasteiger partial charge < -0.3 is 9.73 Å². The Morgan fingerprint density at radius 3 is 2.67 bits per heavy atom. The van der Waals surface area contributed by atoms with Gasteiger partial charge >= 0.3 is 0 Å². The van der Waals surface area contributed by atoms with Crippen LogP contribution in [0.2, 0.25) is 0 Å². The van der Waals surface area contributed by atoms with E-state index in [-0.39, 0.29) is 6.04 Å². The van der Waals surface area contributed by atoms with Crippen LogP contribution in [0.3, 0.4) is 0 Å². The first-order chi connectivity index (χ1) is 5.65. The molecule has 0 spiro atoms. The second-order valence-electron chi connectivity index (χ2n) is 2.85. The van der Waals surface area contributed by atoms with E-state index in [1.54, 1.807) is 0 Å². The van der Waals surface area contributed by atoms with Crippen molar-refractivity contribution in [3.63, 3.8) is 0 Å². The van der Waals surface area contributed by atoms with Crippen molar-refractivity contribution in [2.24, 2.45) is 0 Å². The third kappa shape index (κ3) is 1.59. The lowest BCUT2D eigenvalue weighted by atomic mass is 10.1. The number of furan rings is 1. The number of hydrogen-bond donors (Lipinski definition) is 1. The van der Waals surface area contributed by atoms with Crippen LogP contribution in [0.15, 0.2) is 10.5 Å². The molecule has 1 N–H and O–H groups in total. The van der Waals surface area contributed by atoms with E-state index in [0.717, 1.165) is 17.1 Å². The molecule has 0 aromatic carbocycles. The van der Waals surface area contributed by atoms with Crippen molar-refractivity contribution in [2.45, 2.75) is 26.8 Å². The summed E-state index contributed by atoms with van der Waals surface area (Å²) in [5.74, 6) is 1.76. The SMILES string of the molecule is Cc1cc(C(C)NC#N)c(C)o1. The zero-order valence-electron chi connectivity index (χ0n) is 7.51. The quantitative estimate of drug-likeness (QED) is 0.537. The Hall–Kier alpha value is -1.43. The maximum Gasteiger partial charge on any atom is 0.177 e. The van der Waals surface area contributed by atoms with Crippen LogP contribution in [0.1, 0.15) is 30.0 Å². The predicted molar refractivity (Wildman–Crippen MR) is 45.3 cm³/mol. The molecule has 64 valence electrons. The first-order valence-electron chi connectivity index (χ1n) is 3.86. The summed E-state index contributed by atoms with van der Waals surface area (Å²) in [5, 5.41) is 11.1. The topological polar surface area (TPSA) is 49.0 Å². The van der Waals surface area contributed by atoms with Crippen LogP contribution < -0.4 is 5.32 Å². The van der Waals surface area contributed by atoms with Crippen molar-refractivity contribution in [3.05, 3.63) is 23.2 Å². The summed E-state index contributed by atoms with van der Waals surface area (Å²) in [6.45, 7) is 5.73. The first kappa shape index (κ1) is 8.66. The van der Waals surface area contributed by atoms with Crippen LogP contribution in [0, 0.1) is 25.3 Å². The van der Waals surface area contributed by atoms with Crippen LogP contribution >= 0.6 is 0 Å². The van der Waals surface area contributed by atoms with Gasteiger partial charge in [0.1, 0.15) is 11.5 Å². The van der Waals surface area contributed by atoms with Crippen molar-refractivity contribution in [1.29, 1.82) is 5.26 Å². The summed E-state index contributed by atoms with van der Waals surface area (Å²) in [4.78, 5) is 0. The fourth-order valence-corrected chi connectivity index (χ4v) is 1.25. The molecule has 0 aliphatic rings. The summed E-state index contributed by atoms with van der Waals surface area (Å²) in [5.41, 5.74) is 1.05. The molecule has 0 aliphatic heterocycles. The molecular formula is C9H12N2O. The zero-order valence-corrected chi connectivity index (χ0v) is 7.51. The van der Waals surface area contributed by atoms with Crippen LogP contribution in [-0.4, -0.2) is 0 Å². The number of rotatable bonds is 2. The lowest BCUT2D eigenvalue weighted by Gasteiger charge is -2.06. The minimum atomic E-state index is 0.0347. The standard InChI is InChI=1S/C9H12N2O/c1-6-4-9(8(3)12-6)7(2)11-5-10/h4,7,11H,1-3H3. The van der Waals surface area contributed by atoms with Gasteiger partial charge in [0, 0.05) is 5.56 Å². The Labute approximate surface area is 72.0 Å². The maximum absolute atomic E-state index is 8.40. The number of hydrogen-bond acceptors (Lipinski definition) is 3. The molecule has 1 atom stereocenters. The monoisotopic (exact) mass is 164 g/mol. The number of aryl methyl sites for hydroxylation is 2. The molecule has 1 heterocycles. The number of nitrogens with zero attached hydrogens (tertiary/aromatic N) is 1. The maximum atomic E-state index is 8.40. The molecule has 0 saturated carbocycles. The van der Waals surface area contributed by atoms with E-state index in [9.17, 15) is 0 Å². The molecule has 0 fully saturated rings. The molecule has 1 unspecified atom stereocenters. The van der Waals surface area contributed by atoms with E-state index >= 15 is 0 Å². The summed E-state index contributed by atoms with van der Waals surface area (Å²) < 4.78 is 5.33. The van der Waals surface area contributed by atoms with Crippen LogP contribution in [-0.2, 0) is 0 Å². The smallest absolute Gasteiger partial charge is 0.177 e. The van der Waals surface area contributed by atoms with Crippen molar-refractivity contribution < 1.29 is 4.42 Å². The van der Waals surface area contributed by atoms with E-state index in [1.807, 2.05) is 33.0 Å². The van der Waals surface area contributed by atoms with E-state index in [4.69, 9.17) is 9.68 Å². The van der Waals surface area contributed by atoms with E-state index in [0.29, 0.717) is 0 Å². The summed E-state index contributed by atoms with van der Waals surface area (Å²) in [7, 11) is 0. The van der Waals surface area contributed by atoms with Gasteiger partial charge in [-0.3, -0.25) is 0 Å². The number of nitrogens with one attached hydrogen (secondary N) is 1. The van der Waals surface area contributed by atoms with Gasteiger partial charge in [-0.15, -0.1) is 0 Å². The van der Waals surface area contributed by atoms with Crippen molar-refractivity contribution in [1.82, 2.24) is 5.32 Å². The fourth-order valence-electron chi connectivity index (χ4n) is 1.25. The molecule has 0 radical (unpaired) electrons. The normalized spacial score (nSPS) is 12.2. The van der Waals surface area contributed by atoms with E-state index in [1.165, 1.54) is 0 Å². The lowest BCUT2D eigenvalue weighted by Crippen LogP contribution is -2.11. The molecule has 1 aromatic heterocycles. The van der Waals surface area contributed by atoms with Gasteiger partial charge in [0.15, 0.2) is 6.19 Å². The molecule has 0 saturated heterocycles. The van der Waals surface area contributed by atoms with Gasteiger partial charge in [-0.2, -0.15) is 5.26 Å². The Morgan fingerprint density at radius 1 is 1.58 bits per heavy atom. The molecule has 0 bridgehead atoms. The third-order valence-electron chi connectivity index (χ3n) is 1.83. The first-order valence-corrected chi connectivity index (χ1v) is 3.86. The van der Waals surface area contributed by atoms with Crippen molar-refractivity contribution in [3.8, 4) is 6.19 Å². The van der Waals surface area contributed by atoms with Crippen molar-refractivity contribution in [2.75, 3.05) is 0 Å². The third-order valence-corrected chi connectivity index (χ3v) is 1.83. The molecule has 1 rings (SSSR count).